The van der Waals surface area contributed by atoms with Crippen LogP contribution in [0.5, 0.6) is 0 Å². The van der Waals surface area contributed by atoms with Crippen LogP contribution in [0.4, 0.5) is 0 Å². The molecule has 1 atom stereocenters. The summed E-state index contributed by atoms with van der Waals surface area (Å²) >= 11 is 3.43. The zero-order valence-electron chi connectivity index (χ0n) is 7.76. The molecule has 0 heterocycles. The molecule has 3 N–H and O–H groups in total. The van der Waals surface area contributed by atoms with Crippen LogP contribution in [0.2, 0.25) is 0 Å². The summed E-state index contributed by atoms with van der Waals surface area (Å²) in [6, 6.07) is 8.64. The first-order chi connectivity index (χ1) is 6.22. The van der Waals surface area contributed by atoms with Crippen molar-refractivity contribution in [1.82, 2.24) is 5.32 Å². The largest absolute Gasteiger partial charge is 0.329 e. The first-order valence-electron chi connectivity index (χ1n) is 4.40. The summed E-state index contributed by atoms with van der Waals surface area (Å²) in [5, 5.41) is 3.33. The lowest BCUT2D eigenvalue weighted by Crippen LogP contribution is -2.32. The third-order valence-corrected chi connectivity index (χ3v) is 2.39. The highest BCUT2D eigenvalue weighted by Crippen LogP contribution is 2.11. The van der Waals surface area contributed by atoms with E-state index in [0.29, 0.717) is 12.6 Å². The van der Waals surface area contributed by atoms with Gasteiger partial charge in [0.1, 0.15) is 0 Å². The van der Waals surface area contributed by atoms with Crippen molar-refractivity contribution in [3.8, 4) is 0 Å². The van der Waals surface area contributed by atoms with E-state index >= 15 is 0 Å². The molecule has 0 bridgehead atoms. The van der Waals surface area contributed by atoms with E-state index < -0.39 is 0 Å². The zero-order chi connectivity index (χ0) is 9.68. The van der Waals surface area contributed by atoms with Crippen molar-refractivity contribution in [2.75, 3.05) is 6.54 Å². The van der Waals surface area contributed by atoms with E-state index in [9.17, 15) is 0 Å². The van der Waals surface area contributed by atoms with Crippen LogP contribution in [-0.4, -0.2) is 12.6 Å². The molecule has 3 heteroatoms. The molecule has 2 nitrogen and oxygen atoms in total. The number of rotatable bonds is 4. The number of hydrogen-bond acceptors (Lipinski definition) is 2. The van der Waals surface area contributed by atoms with E-state index in [1.165, 1.54) is 5.56 Å². The van der Waals surface area contributed by atoms with Crippen molar-refractivity contribution in [3.63, 3.8) is 0 Å². The fraction of sp³-hybridized carbons (Fsp3) is 0.400. The van der Waals surface area contributed by atoms with Crippen LogP contribution < -0.4 is 11.1 Å². The van der Waals surface area contributed by atoms with E-state index in [-0.39, 0.29) is 0 Å². The predicted octanol–water partition coefficient (Wildman–Crippen LogP) is 1.89. The maximum Gasteiger partial charge on any atom is 0.0208 e. The fourth-order valence-electron chi connectivity index (χ4n) is 1.02. The van der Waals surface area contributed by atoms with Gasteiger partial charge in [0.25, 0.3) is 0 Å². The molecule has 0 saturated heterocycles. The van der Waals surface area contributed by atoms with Gasteiger partial charge in [-0.2, -0.15) is 0 Å². The Morgan fingerprint density at radius 1 is 1.54 bits per heavy atom. The quantitative estimate of drug-likeness (QED) is 0.847. The van der Waals surface area contributed by atoms with E-state index in [4.69, 9.17) is 5.73 Å². The molecular weight excluding hydrogens is 228 g/mol. The summed E-state index contributed by atoms with van der Waals surface area (Å²) in [6.07, 6.45) is 0. The molecule has 0 saturated carbocycles. The predicted molar refractivity (Wildman–Crippen MR) is 59.5 cm³/mol. The lowest BCUT2D eigenvalue weighted by Gasteiger charge is -2.10. The van der Waals surface area contributed by atoms with Crippen molar-refractivity contribution in [2.45, 2.75) is 19.5 Å². The van der Waals surface area contributed by atoms with Crippen LogP contribution in [0.1, 0.15) is 12.5 Å². The highest BCUT2D eigenvalue weighted by molar-refractivity contribution is 9.10. The zero-order valence-corrected chi connectivity index (χ0v) is 9.34. The van der Waals surface area contributed by atoms with Gasteiger partial charge in [0, 0.05) is 23.6 Å². The van der Waals surface area contributed by atoms with Crippen molar-refractivity contribution in [1.29, 1.82) is 0 Å². The van der Waals surface area contributed by atoms with Crippen LogP contribution in [0.25, 0.3) is 0 Å². The molecule has 0 amide bonds. The minimum absolute atomic E-state index is 0.374. The molecule has 0 aliphatic rings. The summed E-state index contributed by atoms with van der Waals surface area (Å²) in [6.45, 7) is 3.63. The topological polar surface area (TPSA) is 38.0 Å². The maximum atomic E-state index is 5.49. The Kier molecular flexibility index (Phi) is 4.42. The molecule has 1 aromatic rings. The molecule has 13 heavy (non-hydrogen) atoms. The first-order valence-corrected chi connectivity index (χ1v) is 5.19. The van der Waals surface area contributed by atoms with Crippen molar-refractivity contribution >= 4 is 15.9 Å². The molecule has 72 valence electrons. The van der Waals surface area contributed by atoms with Crippen molar-refractivity contribution in [3.05, 3.63) is 34.3 Å². The summed E-state index contributed by atoms with van der Waals surface area (Å²) in [7, 11) is 0. The van der Waals surface area contributed by atoms with Crippen LogP contribution in [-0.2, 0) is 6.54 Å². The Morgan fingerprint density at radius 3 is 2.92 bits per heavy atom. The van der Waals surface area contributed by atoms with Crippen LogP contribution in [0.15, 0.2) is 28.7 Å². The molecule has 0 fully saturated rings. The molecular formula is C10H15BrN2. The summed E-state index contributed by atoms with van der Waals surface area (Å²) in [5.74, 6) is 0. The Hall–Kier alpha value is -0.380. The number of nitrogens with two attached hydrogens (primary N) is 1. The lowest BCUT2D eigenvalue weighted by atomic mass is 10.2. The standard InChI is InChI=1S/C10H15BrN2/c1-8(6-12)13-7-9-3-2-4-10(11)5-9/h2-5,8,13H,6-7,12H2,1H3. The summed E-state index contributed by atoms with van der Waals surface area (Å²) in [5.41, 5.74) is 6.77. The number of benzene rings is 1. The number of halogens is 1. The Morgan fingerprint density at radius 2 is 2.31 bits per heavy atom. The van der Waals surface area contributed by atoms with Gasteiger partial charge in [0.15, 0.2) is 0 Å². The SMILES string of the molecule is CC(CN)NCc1cccc(Br)c1. The van der Waals surface area contributed by atoms with Gasteiger partial charge in [0.2, 0.25) is 0 Å². The van der Waals surface area contributed by atoms with Gasteiger partial charge in [-0.05, 0) is 24.6 Å². The molecule has 0 aromatic heterocycles. The minimum Gasteiger partial charge on any atom is -0.329 e. The Bertz CT molecular complexity index is 263. The Labute approximate surface area is 87.6 Å². The minimum atomic E-state index is 0.374. The maximum absolute atomic E-state index is 5.49. The van der Waals surface area contributed by atoms with Gasteiger partial charge < -0.3 is 11.1 Å². The van der Waals surface area contributed by atoms with Gasteiger partial charge in [-0.15, -0.1) is 0 Å². The summed E-state index contributed by atoms with van der Waals surface area (Å²) in [4.78, 5) is 0. The summed E-state index contributed by atoms with van der Waals surface area (Å²) < 4.78 is 1.12. The normalized spacial score (nSPS) is 12.8. The van der Waals surface area contributed by atoms with Gasteiger partial charge in [0.05, 0.1) is 0 Å². The van der Waals surface area contributed by atoms with E-state index in [1.54, 1.807) is 0 Å². The van der Waals surface area contributed by atoms with Crippen molar-refractivity contribution < 1.29 is 0 Å². The lowest BCUT2D eigenvalue weighted by molar-refractivity contribution is 0.556. The van der Waals surface area contributed by atoms with Gasteiger partial charge in [-0.25, -0.2) is 0 Å². The van der Waals surface area contributed by atoms with Gasteiger partial charge >= 0.3 is 0 Å². The molecule has 0 radical (unpaired) electrons. The van der Waals surface area contributed by atoms with Gasteiger partial charge in [-0.3, -0.25) is 0 Å². The van der Waals surface area contributed by atoms with E-state index in [0.717, 1.165) is 11.0 Å². The second kappa shape index (κ2) is 5.37. The number of hydrogen-bond donors (Lipinski definition) is 2. The first kappa shape index (κ1) is 10.7. The third-order valence-electron chi connectivity index (χ3n) is 1.90. The molecule has 1 aromatic carbocycles. The fourth-order valence-corrected chi connectivity index (χ4v) is 1.47. The molecule has 1 rings (SSSR count). The van der Waals surface area contributed by atoms with Crippen LogP contribution in [0, 0.1) is 0 Å². The Balaban J connectivity index is 2.45. The van der Waals surface area contributed by atoms with Crippen LogP contribution >= 0.6 is 15.9 Å². The molecule has 0 aliphatic heterocycles. The number of nitrogens with one attached hydrogen (secondary N) is 1. The molecule has 0 spiro atoms. The van der Waals surface area contributed by atoms with Crippen LogP contribution in [0.3, 0.4) is 0 Å². The van der Waals surface area contributed by atoms with E-state index in [1.807, 2.05) is 12.1 Å². The van der Waals surface area contributed by atoms with Gasteiger partial charge in [-0.1, -0.05) is 28.1 Å². The average Bonchev–Trinajstić information content (AvgIpc) is 2.14. The molecule has 1 unspecified atom stereocenters. The average molecular weight is 243 g/mol. The van der Waals surface area contributed by atoms with E-state index in [2.05, 4.69) is 40.3 Å². The van der Waals surface area contributed by atoms with Crippen molar-refractivity contribution in [2.24, 2.45) is 5.73 Å². The highest BCUT2D eigenvalue weighted by Gasteiger charge is 1.98. The third kappa shape index (κ3) is 3.89. The monoisotopic (exact) mass is 242 g/mol. The smallest absolute Gasteiger partial charge is 0.0208 e. The molecule has 0 aliphatic carbocycles. The highest BCUT2D eigenvalue weighted by atomic mass is 79.9. The second-order valence-electron chi connectivity index (χ2n) is 3.15. The second-order valence-corrected chi connectivity index (χ2v) is 4.06.